The number of benzene rings is 2. The van der Waals surface area contributed by atoms with Crippen molar-refractivity contribution >= 4 is 29.7 Å². The van der Waals surface area contributed by atoms with E-state index in [1.165, 1.54) is 22.9 Å². The van der Waals surface area contributed by atoms with E-state index in [1.807, 2.05) is 44.4 Å². The van der Waals surface area contributed by atoms with Gasteiger partial charge in [0.1, 0.15) is 12.6 Å². The Balaban J connectivity index is 1.52. The highest BCUT2D eigenvalue weighted by atomic mass is 32.2. The van der Waals surface area contributed by atoms with Crippen LogP contribution in [0.15, 0.2) is 48.5 Å². The normalized spacial score (nSPS) is 14.1. The van der Waals surface area contributed by atoms with Gasteiger partial charge in [-0.3, -0.25) is 4.79 Å². The molecule has 3 rings (SSSR count). The maximum absolute atomic E-state index is 12.5. The topological polar surface area (TPSA) is 105 Å². The molecule has 3 N–H and O–H groups in total. The number of hydrogen-bond acceptors (Lipinski definition) is 5. The highest BCUT2D eigenvalue weighted by Gasteiger charge is 2.29. The molecule has 1 aliphatic carbocycles. The Morgan fingerprint density at radius 3 is 2.17 bits per heavy atom. The summed E-state index contributed by atoms with van der Waals surface area (Å²) in [4.78, 5) is 36.4. The Labute approximate surface area is 211 Å². The Bertz CT molecular complexity index is 996. The zero-order valence-corrected chi connectivity index (χ0v) is 21.3. The molecule has 0 bridgehead atoms. The molecule has 0 spiro atoms. The highest BCUT2D eigenvalue weighted by molar-refractivity contribution is 7.98. The quantitative estimate of drug-likeness (QED) is 0.398. The smallest absolute Gasteiger partial charge is 0.407 e. The Hall–Kier alpha value is -3.00. The molecule has 0 saturated heterocycles. The van der Waals surface area contributed by atoms with E-state index in [9.17, 15) is 19.5 Å². The molecule has 188 valence electrons. The number of carboxylic acids is 1. The van der Waals surface area contributed by atoms with Crippen LogP contribution >= 0.6 is 11.8 Å². The van der Waals surface area contributed by atoms with Gasteiger partial charge in [0.2, 0.25) is 5.91 Å². The van der Waals surface area contributed by atoms with Crippen LogP contribution in [0.25, 0.3) is 11.1 Å². The monoisotopic (exact) mass is 498 g/mol. The number of rotatable bonds is 12. The zero-order chi connectivity index (χ0) is 25.4. The van der Waals surface area contributed by atoms with Crippen molar-refractivity contribution in [2.75, 3.05) is 25.2 Å². The predicted molar refractivity (Wildman–Crippen MR) is 139 cm³/mol. The molecule has 1 aliphatic rings. The van der Waals surface area contributed by atoms with Crippen LogP contribution in [0.5, 0.6) is 0 Å². The van der Waals surface area contributed by atoms with Crippen molar-refractivity contribution in [1.29, 1.82) is 0 Å². The number of hydrogen-bond donors (Lipinski definition) is 3. The number of amides is 2. The first-order chi connectivity index (χ1) is 16.8. The zero-order valence-electron chi connectivity index (χ0n) is 20.5. The van der Waals surface area contributed by atoms with E-state index in [2.05, 4.69) is 34.9 Å². The number of fused-ring (bicyclic) bond motifs is 3. The van der Waals surface area contributed by atoms with Crippen molar-refractivity contribution in [3.8, 4) is 11.1 Å². The summed E-state index contributed by atoms with van der Waals surface area (Å²) in [5.41, 5.74) is 4.63. The SMILES string of the molecule is CSCC[C@@H](NC(=O)CC(CNC(=O)OCC1c2ccccc2-c2ccccc21)C(C)C)C(=O)O. The number of carbonyl (C=O) groups excluding carboxylic acids is 2. The molecular weight excluding hydrogens is 464 g/mol. The molecule has 8 heteroatoms. The molecule has 2 aromatic carbocycles. The van der Waals surface area contributed by atoms with Crippen LogP contribution in [0.3, 0.4) is 0 Å². The fourth-order valence-electron chi connectivity index (χ4n) is 4.39. The molecule has 7 nitrogen and oxygen atoms in total. The summed E-state index contributed by atoms with van der Waals surface area (Å²) in [6.45, 7) is 4.44. The number of thioether (sulfide) groups is 1. The van der Waals surface area contributed by atoms with E-state index in [1.54, 1.807) is 0 Å². The largest absolute Gasteiger partial charge is 0.480 e. The lowest BCUT2D eigenvalue weighted by atomic mass is 9.92. The number of aliphatic carboxylic acids is 1. The molecule has 0 heterocycles. The Kier molecular flexibility index (Phi) is 9.60. The minimum atomic E-state index is -1.04. The molecule has 2 aromatic rings. The fourth-order valence-corrected chi connectivity index (χ4v) is 4.86. The van der Waals surface area contributed by atoms with Crippen molar-refractivity contribution in [2.45, 2.75) is 38.6 Å². The first-order valence-electron chi connectivity index (χ1n) is 11.9. The second-order valence-electron chi connectivity index (χ2n) is 9.15. The second kappa shape index (κ2) is 12.6. The summed E-state index contributed by atoms with van der Waals surface area (Å²) in [5, 5.41) is 14.7. The van der Waals surface area contributed by atoms with Gasteiger partial charge in [0.15, 0.2) is 0 Å². The van der Waals surface area contributed by atoms with Gasteiger partial charge in [0.05, 0.1) is 0 Å². The van der Waals surface area contributed by atoms with Crippen LogP contribution < -0.4 is 10.6 Å². The number of nitrogens with one attached hydrogen (secondary N) is 2. The summed E-state index contributed by atoms with van der Waals surface area (Å²) in [5.74, 6) is -0.769. The lowest BCUT2D eigenvalue weighted by Crippen LogP contribution is -2.43. The molecular formula is C27H34N2O5S. The van der Waals surface area contributed by atoms with Crippen LogP contribution in [-0.4, -0.2) is 54.3 Å². The summed E-state index contributed by atoms with van der Waals surface area (Å²) >= 11 is 1.53. The van der Waals surface area contributed by atoms with E-state index in [4.69, 9.17) is 4.74 Å². The van der Waals surface area contributed by atoms with Gasteiger partial charge in [-0.2, -0.15) is 11.8 Å². The van der Waals surface area contributed by atoms with Gasteiger partial charge < -0.3 is 20.5 Å². The maximum atomic E-state index is 12.5. The lowest BCUT2D eigenvalue weighted by Gasteiger charge is -2.22. The first kappa shape index (κ1) is 26.6. The highest BCUT2D eigenvalue weighted by Crippen LogP contribution is 2.44. The average Bonchev–Trinajstić information content (AvgIpc) is 3.16. The van der Waals surface area contributed by atoms with Crippen LogP contribution in [0.1, 0.15) is 43.7 Å². The fraction of sp³-hybridized carbons (Fsp3) is 0.444. The summed E-state index contributed by atoms with van der Waals surface area (Å²) < 4.78 is 5.58. The third-order valence-corrected chi connectivity index (χ3v) is 7.13. The molecule has 0 aromatic heterocycles. The van der Waals surface area contributed by atoms with E-state index in [0.717, 1.165) is 11.1 Å². The molecule has 1 unspecified atom stereocenters. The van der Waals surface area contributed by atoms with Gasteiger partial charge in [-0.05, 0) is 52.5 Å². The molecule has 0 fully saturated rings. The van der Waals surface area contributed by atoms with Crippen molar-refractivity contribution in [3.05, 3.63) is 59.7 Å². The summed E-state index contributed by atoms with van der Waals surface area (Å²) in [7, 11) is 0. The van der Waals surface area contributed by atoms with Gasteiger partial charge in [-0.15, -0.1) is 0 Å². The number of carboxylic acid groups (broad SMARTS) is 1. The lowest BCUT2D eigenvalue weighted by molar-refractivity contribution is -0.142. The molecule has 2 amide bonds. The van der Waals surface area contributed by atoms with Crippen LogP contribution in [-0.2, 0) is 14.3 Å². The van der Waals surface area contributed by atoms with Gasteiger partial charge in [0.25, 0.3) is 0 Å². The van der Waals surface area contributed by atoms with Crippen molar-refractivity contribution < 1.29 is 24.2 Å². The summed E-state index contributed by atoms with van der Waals surface area (Å²) in [6, 6.07) is 15.4. The molecule has 2 atom stereocenters. The summed E-state index contributed by atoms with van der Waals surface area (Å²) in [6.07, 6.45) is 1.86. The van der Waals surface area contributed by atoms with Crippen molar-refractivity contribution in [2.24, 2.45) is 11.8 Å². The van der Waals surface area contributed by atoms with Gasteiger partial charge in [-0.1, -0.05) is 62.4 Å². The number of ether oxygens (including phenoxy) is 1. The Morgan fingerprint density at radius 1 is 1.03 bits per heavy atom. The minimum Gasteiger partial charge on any atom is -0.480 e. The standard InChI is InChI=1S/C27H34N2O5S/c1-17(2)18(14-25(30)29-24(26(31)32)12-13-35-3)15-28-27(33)34-16-23-21-10-6-4-8-19(21)20-9-5-7-11-22(20)23/h4-11,17-18,23-24H,12-16H2,1-3H3,(H,28,33)(H,29,30)(H,31,32)/t18?,24-/m1/s1. The second-order valence-corrected chi connectivity index (χ2v) is 10.1. The number of alkyl carbamates (subject to hydrolysis) is 1. The third kappa shape index (κ3) is 7.01. The van der Waals surface area contributed by atoms with Gasteiger partial charge in [0, 0.05) is 18.9 Å². The minimum absolute atomic E-state index is 0.0194. The maximum Gasteiger partial charge on any atom is 0.407 e. The van der Waals surface area contributed by atoms with Crippen LogP contribution in [0, 0.1) is 11.8 Å². The first-order valence-corrected chi connectivity index (χ1v) is 13.3. The van der Waals surface area contributed by atoms with E-state index >= 15 is 0 Å². The van der Waals surface area contributed by atoms with Crippen LogP contribution in [0.4, 0.5) is 4.79 Å². The van der Waals surface area contributed by atoms with Gasteiger partial charge >= 0.3 is 12.1 Å². The third-order valence-electron chi connectivity index (χ3n) is 6.49. The molecule has 0 saturated carbocycles. The van der Waals surface area contributed by atoms with Crippen LogP contribution in [0.2, 0.25) is 0 Å². The number of carbonyl (C=O) groups is 3. The van der Waals surface area contributed by atoms with Crippen molar-refractivity contribution in [3.63, 3.8) is 0 Å². The molecule has 0 radical (unpaired) electrons. The van der Waals surface area contributed by atoms with E-state index in [0.29, 0.717) is 12.2 Å². The molecule has 0 aliphatic heterocycles. The van der Waals surface area contributed by atoms with Crippen molar-refractivity contribution in [1.82, 2.24) is 10.6 Å². The van der Waals surface area contributed by atoms with Gasteiger partial charge in [-0.25, -0.2) is 9.59 Å². The van der Waals surface area contributed by atoms with E-state index < -0.39 is 18.1 Å². The average molecular weight is 499 g/mol. The molecule has 35 heavy (non-hydrogen) atoms. The predicted octanol–water partition coefficient (Wildman–Crippen LogP) is 4.51. The van der Waals surface area contributed by atoms with E-state index in [-0.39, 0.29) is 43.2 Å². The Morgan fingerprint density at radius 2 is 1.63 bits per heavy atom.